The maximum absolute atomic E-state index is 9.99. The summed E-state index contributed by atoms with van der Waals surface area (Å²) in [6, 6.07) is 8.75. The van der Waals surface area contributed by atoms with Crippen molar-refractivity contribution in [2.75, 3.05) is 5.75 Å². The van der Waals surface area contributed by atoms with Gasteiger partial charge in [0.05, 0.1) is 6.10 Å². The van der Waals surface area contributed by atoms with Gasteiger partial charge < -0.3 is 5.11 Å². The molecule has 1 saturated carbocycles. The van der Waals surface area contributed by atoms with Gasteiger partial charge in [-0.3, -0.25) is 0 Å². The molecule has 1 N–H and O–H groups in total. The second kappa shape index (κ2) is 5.74. The molecule has 0 aromatic heterocycles. The molecule has 1 fully saturated rings. The van der Waals surface area contributed by atoms with Crippen LogP contribution < -0.4 is 0 Å². The number of hydrogen-bond acceptors (Lipinski definition) is 2. The van der Waals surface area contributed by atoms with E-state index in [1.165, 1.54) is 23.3 Å². The molecule has 16 heavy (non-hydrogen) atoms. The molecular formula is C14H20OS. The lowest BCUT2D eigenvalue weighted by Gasteiger charge is -2.28. The number of hydrogen-bond donors (Lipinski definition) is 1. The van der Waals surface area contributed by atoms with Crippen molar-refractivity contribution in [3.05, 3.63) is 29.8 Å². The minimum absolute atomic E-state index is 0.126. The van der Waals surface area contributed by atoms with Crippen LogP contribution in [0, 0.1) is 0 Å². The molecule has 0 bridgehead atoms. The molecule has 0 amide bonds. The van der Waals surface area contributed by atoms with E-state index in [1.807, 2.05) is 11.8 Å². The van der Waals surface area contributed by atoms with Crippen LogP contribution in [0.4, 0.5) is 0 Å². The van der Waals surface area contributed by atoms with Crippen LogP contribution in [0.15, 0.2) is 29.2 Å². The van der Waals surface area contributed by atoms with Crippen LogP contribution in [-0.2, 0) is 0 Å². The van der Waals surface area contributed by atoms with E-state index >= 15 is 0 Å². The molecule has 1 aliphatic carbocycles. The van der Waals surface area contributed by atoms with E-state index in [2.05, 4.69) is 31.2 Å². The van der Waals surface area contributed by atoms with Crippen molar-refractivity contribution in [2.24, 2.45) is 0 Å². The highest BCUT2D eigenvalue weighted by atomic mass is 32.2. The monoisotopic (exact) mass is 236 g/mol. The van der Waals surface area contributed by atoms with Gasteiger partial charge >= 0.3 is 0 Å². The number of benzene rings is 1. The molecule has 1 nitrogen and oxygen atoms in total. The van der Waals surface area contributed by atoms with Gasteiger partial charge in [0.15, 0.2) is 0 Å². The lowest BCUT2D eigenvalue weighted by atomic mass is 9.82. The first-order valence-corrected chi connectivity index (χ1v) is 7.20. The Kier molecular flexibility index (Phi) is 4.30. The van der Waals surface area contributed by atoms with Crippen molar-refractivity contribution in [1.82, 2.24) is 0 Å². The highest BCUT2D eigenvalue weighted by molar-refractivity contribution is 7.99. The van der Waals surface area contributed by atoms with E-state index in [-0.39, 0.29) is 6.10 Å². The third-order valence-electron chi connectivity index (χ3n) is 3.35. The summed E-state index contributed by atoms with van der Waals surface area (Å²) in [5.74, 6) is 1.49. The molecule has 0 saturated heterocycles. The number of aliphatic hydroxyl groups excluding tert-OH is 1. The van der Waals surface area contributed by atoms with Crippen molar-refractivity contribution in [3.63, 3.8) is 0 Å². The first-order valence-electron chi connectivity index (χ1n) is 6.22. The van der Waals surface area contributed by atoms with E-state index in [0.717, 1.165) is 18.6 Å². The van der Waals surface area contributed by atoms with Crippen molar-refractivity contribution < 1.29 is 5.11 Å². The lowest BCUT2D eigenvalue weighted by molar-refractivity contribution is 0.106. The summed E-state index contributed by atoms with van der Waals surface area (Å²) in [4.78, 5) is 1.33. The molecule has 2 heteroatoms. The Balaban J connectivity index is 2.08. The van der Waals surface area contributed by atoms with E-state index < -0.39 is 0 Å². The predicted octanol–water partition coefficient (Wildman–Crippen LogP) is 3.82. The maximum Gasteiger partial charge on any atom is 0.0608 e. The molecule has 0 heterocycles. The maximum atomic E-state index is 9.99. The van der Waals surface area contributed by atoms with Gasteiger partial charge in [0.25, 0.3) is 0 Å². The average Bonchev–Trinajstić information content (AvgIpc) is 2.31. The predicted molar refractivity (Wildman–Crippen MR) is 70.1 cm³/mol. The molecule has 1 aromatic rings. The highest BCUT2D eigenvalue weighted by Crippen LogP contribution is 2.33. The largest absolute Gasteiger partial charge is 0.392 e. The molecule has 88 valence electrons. The van der Waals surface area contributed by atoms with E-state index in [9.17, 15) is 5.11 Å². The third kappa shape index (κ3) is 2.80. The van der Waals surface area contributed by atoms with Gasteiger partial charge in [0.2, 0.25) is 0 Å². The van der Waals surface area contributed by atoms with Gasteiger partial charge in [-0.25, -0.2) is 0 Å². The summed E-state index contributed by atoms with van der Waals surface area (Å²) in [5, 5.41) is 9.99. The van der Waals surface area contributed by atoms with Gasteiger partial charge in [-0.15, -0.1) is 11.8 Å². The minimum atomic E-state index is -0.126. The fourth-order valence-corrected chi connectivity index (χ4v) is 3.14. The number of aliphatic hydroxyl groups is 1. The molecule has 0 unspecified atom stereocenters. The van der Waals surface area contributed by atoms with E-state index in [1.54, 1.807) is 0 Å². The highest BCUT2D eigenvalue weighted by Gasteiger charge is 2.24. The van der Waals surface area contributed by atoms with Gasteiger partial charge in [0, 0.05) is 10.8 Å². The Bertz CT molecular complexity index is 320. The topological polar surface area (TPSA) is 20.2 Å². The van der Waals surface area contributed by atoms with Crippen LogP contribution in [0.3, 0.4) is 0 Å². The second-order valence-corrected chi connectivity index (χ2v) is 5.80. The molecule has 2 atom stereocenters. The smallest absolute Gasteiger partial charge is 0.0608 e. The zero-order valence-corrected chi connectivity index (χ0v) is 10.7. The molecule has 1 aliphatic rings. The molecule has 0 radical (unpaired) electrons. The Hall–Kier alpha value is -0.470. The SMILES string of the molecule is CCSc1ccc([C@@H]2CCCC[C@H]2O)cc1. The molecule has 0 spiro atoms. The summed E-state index contributed by atoms with van der Waals surface area (Å²) in [5.41, 5.74) is 1.31. The van der Waals surface area contributed by atoms with Crippen LogP contribution in [0.5, 0.6) is 0 Å². The summed E-state index contributed by atoms with van der Waals surface area (Å²) in [7, 11) is 0. The number of thioether (sulfide) groups is 1. The first-order chi connectivity index (χ1) is 7.81. The normalized spacial score (nSPS) is 25.6. The summed E-state index contributed by atoms with van der Waals surface area (Å²) >= 11 is 1.87. The van der Waals surface area contributed by atoms with Crippen LogP contribution in [-0.4, -0.2) is 17.0 Å². The Morgan fingerprint density at radius 2 is 1.88 bits per heavy atom. The van der Waals surface area contributed by atoms with Gasteiger partial charge in [-0.2, -0.15) is 0 Å². The molecule has 0 aliphatic heterocycles. The molecule has 2 rings (SSSR count). The minimum Gasteiger partial charge on any atom is -0.392 e. The van der Waals surface area contributed by atoms with Crippen LogP contribution in [0.2, 0.25) is 0 Å². The van der Waals surface area contributed by atoms with Crippen LogP contribution in [0.1, 0.15) is 44.1 Å². The Labute approximate surface area is 102 Å². The van der Waals surface area contributed by atoms with Gasteiger partial charge in [-0.1, -0.05) is 31.9 Å². The van der Waals surface area contributed by atoms with Gasteiger partial charge in [-0.05, 0) is 36.3 Å². The van der Waals surface area contributed by atoms with Crippen molar-refractivity contribution >= 4 is 11.8 Å². The molecular weight excluding hydrogens is 216 g/mol. The standard InChI is InChI=1S/C14H20OS/c1-2-16-12-9-7-11(8-10-12)13-5-3-4-6-14(13)15/h7-10,13-15H,2-6H2,1H3/t13-,14+/m0/s1. The van der Waals surface area contributed by atoms with Crippen LogP contribution in [0.25, 0.3) is 0 Å². The quantitative estimate of drug-likeness (QED) is 0.805. The average molecular weight is 236 g/mol. The van der Waals surface area contributed by atoms with E-state index in [4.69, 9.17) is 0 Å². The first kappa shape index (κ1) is 12.0. The third-order valence-corrected chi connectivity index (χ3v) is 4.24. The fourth-order valence-electron chi connectivity index (χ4n) is 2.48. The van der Waals surface area contributed by atoms with Crippen molar-refractivity contribution in [2.45, 2.75) is 49.5 Å². The Morgan fingerprint density at radius 3 is 2.50 bits per heavy atom. The van der Waals surface area contributed by atoms with Gasteiger partial charge in [0.1, 0.15) is 0 Å². The summed E-state index contributed by atoms with van der Waals surface area (Å²) < 4.78 is 0. The van der Waals surface area contributed by atoms with Crippen molar-refractivity contribution in [1.29, 1.82) is 0 Å². The fraction of sp³-hybridized carbons (Fsp3) is 0.571. The number of rotatable bonds is 3. The zero-order valence-electron chi connectivity index (χ0n) is 9.86. The van der Waals surface area contributed by atoms with Crippen LogP contribution >= 0.6 is 11.8 Å². The Morgan fingerprint density at radius 1 is 1.19 bits per heavy atom. The second-order valence-electron chi connectivity index (χ2n) is 4.46. The zero-order chi connectivity index (χ0) is 11.4. The molecule has 1 aromatic carbocycles. The summed E-state index contributed by atoms with van der Waals surface area (Å²) in [6.45, 7) is 2.17. The summed E-state index contributed by atoms with van der Waals surface area (Å²) in [6.07, 6.45) is 4.42. The lowest BCUT2D eigenvalue weighted by Crippen LogP contribution is -2.22. The van der Waals surface area contributed by atoms with E-state index in [0.29, 0.717) is 5.92 Å². The van der Waals surface area contributed by atoms with Crippen molar-refractivity contribution in [3.8, 4) is 0 Å².